The van der Waals surface area contributed by atoms with E-state index in [1.807, 2.05) is 18.4 Å². The number of Topliss-reactive ketones (excluding diaryl/α,β-unsaturated/α-hetero) is 1. The average molecular weight is 382 g/mol. The number of carbonyl (C=O) groups is 2. The summed E-state index contributed by atoms with van der Waals surface area (Å²) in [5.41, 5.74) is 3.37. The molecule has 3 rings (SSSR count). The van der Waals surface area contributed by atoms with E-state index < -0.39 is 11.7 Å². The Morgan fingerprint density at radius 2 is 1.96 bits per heavy atom. The summed E-state index contributed by atoms with van der Waals surface area (Å²) in [6.07, 6.45) is 1.72. The molecule has 7 heteroatoms. The summed E-state index contributed by atoms with van der Waals surface area (Å²) in [5, 5.41) is 0. The highest BCUT2D eigenvalue weighted by molar-refractivity contribution is 5.99. The average Bonchev–Trinajstić information content (AvgIpc) is 3.15. The quantitative estimate of drug-likeness (QED) is 0.340. The van der Waals surface area contributed by atoms with Crippen molar-refractivity contribution in [3.63, 3.8) is 0 Å². The van der Waals surface area contributed by atoms with E-state index in [1.165, 1.54) is 4.57 Å². The van der Waals surface area contributed by atoms with Gasteiger partial charge in [0.25, 0.3) is 0 Å². The molecule has 2 aromatic heterocycles. The first-order valence-corrected chi connectivity index (χ1v) is 8.97. The smallest absolute Gasteiger partial charge is 0.419 e. The molecule has 7 nitrogen and oxygen atoms in total. The summed E-state index contributed by atoms with van der Waals surface area (Å²) in [4.78, 5) is 36.4. The fourth-order valence-corrected chi connectivity index (χ4v) is 3.22. The molecule has 0 saturated carbocycles. The highest BCUT2D eigenvalue weighted by Gasteiger charge is 2.17. The van der Waals surface area contributed by atoms with Gasteiger partial charge in [0, 0.05) is 30.0 Å². The highest BCUT2D eigenvalue weighted by atomic mass is 16.5. The lowest BCUT2D eigenvalue weighted by Crippen LogP contribution is -2.19. The molecule has 0 spiro atoms. The maximum atomic E-state index is 12.4. The van der Waals surface area contributed by atoms with Gasteiger partial charge in [-0.05, 0) is 32.0 Å². The summed E-state index contributed by atoms with van der Waals surface area (Å²) in [5.74, 6) is -1.34. The van der Waals surface area contributed by atoms with Crippen LogP contribution in [0.1, 0.15) is 28.2 Å². The van der Waals surface area contributed by atoms with E-state index in [0.29, 0.717) is 23.2 Å². The summed E-state index contributed by atoms with van der Waals surface area (Å²) in [6.45, 7) is 7.87. The Morgan fingerprint density at radius 1 is 1.21 bits per heavy atom. The zero-order valence-electron chi connectivity index (χ0n) is 15.9. The topological polar surface area (TPSA) is 83.4 Å². The lowest BCUT2D eigenvalue weighted by Gasteiger charge is -2.07. The van der Waals surface area contributed by atoms with E-state index in [9.17, 15) is 14.4 Å². The highest BCUT2D eigenvalue weighted by Crippen LogP contribution is 2.16. The molecule has 0 atom stereocenters. The largest absolute Gasteiger partial charge is 0.457 e. The number of oxazole rings is 1. The molecule has 146 valence electrons. The minimum absolute atomic E-state index is 0.0355. The molecule has 0 saturated heterocycles. The SMILES string of the molecule is C=CCn1c(C)cc(C(=O)COC(=O)CCn2c(=O)oc3ccccc32)c1C. The number of nitrogens with zero attached hydrogens (tertiary/aromatic N) is 2. The van der Waals surface area contributed by atoms with Crippen LogP contribution in [-0.2, 0) is 22.6 Å². The molecule has 0 amide bonds. The number of esters is 1. The Balaban J connectivity index is 1.59. The van der Waals surface area contributed by atoms with Crippen LogP contribution in [0.4, 0.5) is 0 Å². The molecule has 0 N–H and O–H groups in total. The molecular formula is C21H22N2O5. The van der Waals surface area contributed by atoms with Crippen LogP contribution in [-0.4, -0.2) is 27.5 Å². The van der Waals surface area contributed by atoms with Crippen LogP contribution in [0.5, 0.6) is 0 Å². The minimum Gasteiger partial charge on any atom is -0.457 e. The summed E-state index contributed by atoms with van der Waals surface area (Å²) < 4.78 is 13.6. The number of hydrogen-bond acceptors (Lipinski definition) is 5. The number of carbonyl (C=O) groups excluding carboxylic acids is 2. The predicted molar refractivity (Wildman–Crippen MR) is 104 cm³/mol. The number of aryl methyl sites for hydroxylation is 2. The predicted octanol–water partition coefficient (Wildman–Crippen LogP) is 3.02. The van der Waals surface area contributed by atoms with Crippen molar-refractivity contribution in [2.24, 2.45) is 0 Å². The van der Waals surface area contributed by atoms with Crippen molar-refractivity contribution in [1.82, 2.24) is 9.13 Å². The van der Waals surface area contributed by atoms with Crippen molar-refractivity contribution in [3.8, 4) is 0 Å². The molecule has 0 aliphatic carbocycles. The van der Waals surface area contributed by atoms with Gasteiger partial charge in [0.15, 0.2) is 12.2 Å². The van der Waals surface area contributed by atoms with Gasteiger partial charge in [-0.2, -0.15) is 0 Å². The standard InChI is InChI=1S/C21H22N2O5/c1-4-10-22-14(2)12-16(15(22)3)18(24)13-27-20(25)9-11-23-17-7-5-6-8-19(17)28-21(23)26/h4-8,12H,1,9-11,13H2,2-3H3. The van der Waals surface area contributed by atoms with Crippen LogP contribution in [0.3, 0.4) is 0 Å². The van der Waals surface area contributed by atoms with Crippen molar-refractivity contribution in [1.29, 1.82) is 0 Å². The molecule has 1 aromatic carbocycles. The molecule has 0 fully saturated rings. The van der Waals surface area contributed by atoms with Crippen LogP contribution < -0.4 is 5.76 Å². The van der Waals surface area contributed by atoms with Crippen LogP contribution >= 0.6 is 0 Å². The third kappa shape index (κ3) is 3.83. The van der Waals surface area contributed by atoms with Gasteiger partial charge in [0.2, 0.25) is 5.78 Å². The third-order valence-corrected chi connectivity index (χ3v) is 4.66. The van der Waals surface area contributed by atoms with Gasteiger partial charge in [-0.25, -0.2) is 4.79 Å². The molecular weight excluding hydrogens is 360 g/mol. The number of benzene rings is 1. The molecule has 0 unspecified atom stereocenters. The lowest BCUT2D eigenvalue weighted by molar-refractivity contribution is -0.142. The van der Waals surface area contributed by atoms with Gasteiger partial charge in [0.05, 0.1) is 11.9 Å². The number of fused-ring (bicyclic) bond motifs is 1. The zero-order chi connectivity index (χ0) is 20.3. The second-order valence-corrected chi connectivity index (χ2v) is 6.51. The number of allylic oxidation sites excluding steroid dienone is 1. The first kappa shape index (κ1) is 19.4. The van der Waals surface area contributed by atoms with E-state index in [-0.39, 0.29) is 25.4 Å². The van der Waals surface area contributed by atoms with Gasteiger partial charge in [-0.1, -0.05) is 18.2 Å². The Hall–Kier alpha value is -3.35. The van der Waals surface area contributed by atoms with Crippen molar-refractivity contribution >= 4 is 22.9 Å². The van der Waals surface area contributed by atoms with Crippen LogP contribution in [0.2, 0.25) is 0 Å². The first-order valence-electron chi connectivity index (χ1n) is 8.97. The van der Waals surface area contributed by atoms with Gasteiger partial charge in [0.1, 0.15) is 0 Å². The number of hydrogen-bond donors (Lipinski definition) is 0. The number of rotatable bonds is 8. The molecule has 0 radical (unpaired) electrons. The molecule has 28 heavy (non-hydrogen) atoms. The number of ether oxygens (including phenoxy) is 1. The fourth-order valence-electron chi connectivity index (χ4n) is 3.22. The number of para-hydroxylation sites is 2. The third-order valence-electron chi connectivity index (χ3n) is 4.66. The Labute approximate surface area is 161 Å². The summed E-state index contributed by atoms with van der Waals surface area (Å²) in [6, 6.07) is 8.77. The second-order valence-electron chi connectivity index (χ2n) is 6.51. The van der Waals surface area contributed by atoms with Gasteiger partial charge in [-0.15, -0.1) is 6.58 Å². The molecule has 2 heterocycles. The van der Waals surface area contributed by atoms with Crippen LogP contribution in [0.15, 0.2) is 52.2 Å². The van der Waals surface area contributed by atoms with E-state index >= 15 is 0 Å². The number of aromatic nitrogens is 2. The molecule has 0 bridgehead atoms. The lowest BCUT2D eigenvalue weighted by atomic mass is 10.1. The second kappa shape index (κ2) is 8.12. The van der Waals surface area contributed by atoms with E-state index in [2.05, 4.69) is 6.58 Å². The van der Waals surface area contributed by atoms with Crippen molar-refractivity contribution in [2.45, 2.75) is 33.4 Å². The van der Waals surface area contributed by atoms with Gasteiger partial charge < -0.3 is 13.7 Å². The number of ketones is 1. The molecule has 0 aliphatic heterocycles. The zero-order valence-corrected chi connectivity index (χ0v) is 15.9. The Bertz CT molecular complexity index is 1100. The Kier molecular flexibility index (Phi) is 5.63. The van der Waals surface area contributed by atoms with Crippen LogP contribution in [0.25, 0.3) is 11.1 Å². The first-order chi connectivity index (χ1) is 13.4. The van der Waals surface area contributed by atoms with Gasteiger partial charge in [-0.3, -0.25) is 14.2 Å². The maximum absolute atomic E-state index is 12.4. The van der Waals surface area contributed by atoms with Gasteiger partial charge >= 0.3 is 11.7 Å². The normalized spacial score (nSPS) is 10.9. The van der Waals surface area contributed by atoms with Crippen molar-refractivity contribution in [2.75, 3.05) is 6.61 Å². The fraction of sp³-hybridized carbons (Fsp3) is 0.286. The summed E-state index contributed by atoms with van der Waals surface area (Å²) >= 11 is 0. The van der Waals surface area contributed by atoms with Crippen LogP contribution in [0, 0.1) is 13.8 Å². The van der Waals surface area contributed by atoms with E-state index in [4.69, 9.17) is 9.15 Å². The van der Waals surface area contributed by atoms with Crippen molar-refractivity contribution in [3.05, 3.63) is 70.5 Å². The van der Waals surface area contributed by atoms with Crippen molar-refractivity contribution < 1.29 is 18.7 Å². The minimum atomic E-state index is -0.551. The molecule has 0 aliphatic rings. The van der Waals surface area contributed by atoms with E-state index in [0.717, 1.165) is 11.4 Å². The monoisotopic (exact) mass is 382 g/mol. The Morgan fingerprint density at radius 3 is 2.71 bits per heavy atom. The maximum Gasteiger partial charge on any atom is 0.419 e. The molecule has 3 aromatic rings. The summed E-state index contributed by atoms with van der Waals surface area (Å²) in [7, 11) is 0. The van der Waals surface area contributed by atoms with E-state index in [1.54, 1.807) is 36.4 Å².